The fourth-order valence-electron chi connectivity index (χ4n) is 2.33. The standard InChI is InChI=1S/C17H18O3/c1-3-20-17(16(18)19-2,14-10-6-4-7-11-14)15-12-8-5-9-13-15/h4-13H,3H2,1-2H3. The summed E-state index contributed by atoms with van der Waals surface area (Å²) in [6.45, 7) is 2.27. The number of rotatable bonds is 5. The van der Waals surface area contributed by atoms with Crippen molar-refractivity contribution in [1.82, 2.24) is 0 Å². The molecule has 0 aliphatic carbocycles. The van der Waals surface area contributed by atoms with Crippen LogP contribution in [0.2, 0.25) is 0 Å². The molecule has 2 aromatic carbocycles. The summed E-state index contributed by atoms with van der Waals surface area (Å²) in [5.74, 6) is -0.420. The van der Waals surface area contributed by atoms with Gasteiger partial charge in [-0.2, -0.15) is 0 Å². The van der Waals surface area contributed by atoms with Crippen LogP contribution in [-0.4, -0.2) is 19.7 Å². The number of hydrogen-bond donors (Lipinski definition) is 0. The van der Waals surface area contributed by atoms with Crippen molar-refractivity contribution in [1.29, 1.82) is 0 Å². The van der Waals surface area contributed by atoms with Crippen molar-refractivity contribution in [2.24, 2.45) is 0 Å². The van der Waals surface area contributed by atoms with Gasteiger partial charge >= 0.3 is 5.97 Å². The largest absolute Gasteiger partial charge is 0.466 e. The number of benzene rings is 2. The van der Waals surface area contributed by atoms with E-state index in [1.807, 2.05) is 67.6 Å². The zero-order valence-electron chi connectivity index (χ0n) is 11.7. The molecule has 2 aromatic rings. The van der Waals surface area contributed by atoms with Crippen LogP contribution >= 0.6 is 0 Å². The first-order valence-corrected chi connectivity index (χ1v) is 6.59. The molecule has 0 aromatic heterocycles. The quantitative estimate of drug-likeness (QED) is 0.783. The first-order valence-electron chi connectivity index (χ1n) is 6.59. The third-order valence-corrected chi connectivity index (χ3v) is 3.19. The Labute approximate surface area is 119 Å². The van der Waals surface area contributed by atoms with Crippen molar-refractivity contribution >= 4 is 5.97 Å². The summed E-state index contributed by atoms with van der Waals surface area (Å²) in [5.41, 5.74) is 0.311. The zero-order valence-corrected chi connectivity index (χ0v) is 11.7. The molecular formula is C17H18O3. The summed E-state index contributed by atoms with van der Waals surface area (Å²) in [4.78, 5) is 12.5. The van der Waals surface area contributed by atoms with E-state index in [2.05, 4.69) is 0 Å². The van der Waals surface area contributed by atoms with E-state index in [0.717, 1.165) is 11.1 Å². The van der Waals surface area contributed by atoms with E-state index in [1.54, 1.807) is 0 Å². The van der Waals surface area contributed by atoms with Gasteiger partial charge in [-0.1, -0.05) is 60.7 Å². The molecular weight excluding hydrogens is 252 g/mol. The molecule has 0 spiro atoms. The Morgan fingerprint density at radius 1 is 0.950 bits per heavy atom. The highest BCUT2D eigenvalue weighted by atomic mass is 16.6. The third kappa shape index (κ3) is 2.45. The number of carbonyl (C=O) groups excluding carboxylic acids is 1. The maximum atomic E-state index is 12.5. The highest BCUT2D eigenvalue weighted by Crippen LogP contribution is 2.35. The molecule has 0 N–H and O–H groups in total. The van der Waals surface area contributed by atoms with Crippen LogP contribution in [0.5, 0.6) is 0 Å². The highest BCUT2D eigenvalue weighted by Gasteiger charge is 2.44. The second-order valence-corrected chi connectivity index (χ2v) is 4.34. The van der Waals surface area contributed by atoms with Crippen LogP contribution in [0.25, 0.3) is 0 Å². The van der Waals surface area contributed by atoms with Gasteiger partial charge in [-0.3, -0.25) is 0 Å². The molecule has 3 heteroatoms. The summed E-state index contributed by atoms with van der Waals surface area (Å²) >= 11 is 0. The Balaban J connectivity index is 2.66. The molecule has 0 radical (unpaired) electrons. The van der Waals surface area contributed by atoms with Crippen LogP contribution in [0, 0.1) is 0 Å². The Bertz CT molecular complexity index is 509. The summed E-state index contributed by atoms with van der Waals surface area (Å²) in [6.07, 6.45) is 0. The molecule has 0 aliphatic rings. The summed E-state index contributed by atoms with van der Waals surface area (Å²) < 4.78 is 10.9. The number of esters is 1. The van der Waals surface area contributed by atoms with Gasteiger partial charge in [0, 0.05) is 6.61 Å². The molecule has 2 rings (SSSR count). The van der Waals surface area contributed by atoms with Gasteiger partial charge in [0.25, 0.3) is 0 Å². The van der Waals surface area contributed by atoms with E-state index >= 15 is 0 Å². The SMILES string of the molecule is CCOC(C(=O)OC)(c1ccccc1)c1ccccc1. The molecule has 104 valence electrons. The number of carbonyl (C=O) groups is 1. The van der Waals surface area contributed by atoms with Crippen molar-refractivity contribution in [3.63, 3.8) is 0 Å². The molecule has 0 aliphatic heterocycles. The van der Waals surface area contributed by atoms with Crippen LogP contribution in [0.15, 0.2) is 60.7 Å². The lowest BCUT2D eigenvalue weighted by molar-refractivity contribution is -0.165. The van der Waals surface area contributed by atoms with Gasteiger partial charge in [0.15, 0.2) is 0 Å². The summed E-state index contributed by atoms with van der Waals surface area (Å²) in [5, 5.41) is 0. The highest BCUT2D eigenvalue weighted by molar-refractivity contribution is 5.85. The lowest BCUT2D eigenvalue weighted by Crippen LogP contribution is -2.41. The van der Waals surface area contributed by atoms with E-state index < -0.39 is 11.6 Å². The Morgan fingerprint density at radius 2 is 1.40 bits per heavy atom. The van der Waals surface area contributed by atoms with Crippen molar-refractivity contribution in [2.75, 3.05) is 13.7 Å². The van der Waals surface area contributed by atoms with Crippen LogP contribution in [0.3, 0.4) is 0 Å². The summed E-state index contributed by atoms with van der Waals surface area (Å²) in [6, 6.07) is 18.8. The molecule has 0 unspecified atom stereocenters. The van der Waals surface area contributed by atoms with E-state index in [1.165, 1.54) is 7.11 Å². The van der Waals surface area contributed by atoms with Gasteiger partial charge in [0.05, 0.1) is 7.11 Å². The summed E-state index contributed by atoms with van der Waals surface area (Å²) in [7, 11) is 1.38. The minimum Gasteiger partial charge on any atom is -0.466 e. The predicted octanol–water partition coefficient (Wildman–Crippen LogP) is 3.14. The fraction of sp³-hybridized carbons (Fsp3) is 0.235. The normalized spacial score (nSPS) is 11.1. The monoisotopic (exact) mass is 270 g/mol. The van der Waals surface area contributed by atoms with Gasteiger partial charge in [-0.05, 0) is 18.1 Å². The maximum absolute atomic E-state index is 12.5. The van der Waals surface area contributed by atoms with E-state index in [4.69, 9.17) is 9.47 Å². The van der Waals surface area contributed by atoms with Crippen molar-refractivity contribution < 1.29 is 14.3 Å². The van der Waals surface area contributed by atoms with Gasteiger partial charge < -0.3 is 9.47 Å². The molecule has 0 atom stereocenters. The minimum absolute atomic E-state index is 0.402. The average Bonchev–Trinajstić information content (AvgIpc) is 2.53. The van der Waals surface area contributed by atoms with Crippen LogP contribution in [-0.2, 0) is 19.9 Å². The molecule has 0 heterocycles. The van der Waals surface area contributed by atoms with Crippen molar-refractivity contribution in [3.05, 3.63) is 71.8 Å². The third-order valence-electron chi connectivity index (χ3n) is 3.19. The molecule has 20 heavy (non-hydrogen) atoms. The van der Waals surface area contributed by atoms with E-state index in [-0.39, 0.29) is 0 Å². The number of methoxy groups -OCH3 is 1. The Kier molecular flexibility index (Phi) is 4.53. The minimum atomic E-state index is -1.22. The first kappa shape index (κ1) is 14.3. The maximum Gasteiger partial charge on any atom is 0.347 e. The molecule has 0 saturated carbocycles. The van der Waals surface area contributed by atoms with Gasteiger partial charge in [0.1, 0.15) is 0 Å². The van der Waals surface area contributed by atoms with E-state index in [0.29, 0.717) is 6.61 Å². The van der Waals surface area contributed by atoms with Crippen LogP contribution < -0.4 is 0 Å². The van der Waals surface area contributed by atoms with Crippen LogP contribution in [0.1, 0.15) is 18.1 Å². The molecule has 0 saturated heterocycles. The van der Waals surface area contributed by atoms with Crippen molar-refractivity contribution in [3.8, 4) is 0 Å². The molecule has 0 fully saturated rings. The fourth-order valence-corrected chi connectivity index (χ4v) is 2.33. The topological polar surface area (TPSA) is 35.5 Å². The predicted molar refractivity (Wildman–Crippen MR) is 77.3 cm³/mol. The average molecular weight is 270 g/mol. The van der Waals surface area contributed by atoms with Gasteiger partial charge in [-0.15, -0.1) is 0 Å². The van der Waals surface area contributed by atoms with E-state index in [9.17, 15) is 4.79 Å². The van der Waals surface area contributed by atoms with Gasteiger partial charge in [-0.25, -0.2) is 4.79 Å². The van der Waals surface area contributed by atoms with Gasteiger partial charge in [0.2, 0.25) is 5.60 Å². The zero-order chi connectivity index (χ0) is 14.4. The second kappa shape index (κ2) is 6.35. The lowest BCUT2D eigenvalue weighted by Gasteiger charge is -2.31. The molecule has 0 amide bonds. The Morgan fingerprint density at radius 3 is 1.75 bits per heavy atom. The van der Waals surface area contributed by atoms with Crippen molar-refractivity contribution in [2.45, 2.75) is 12.5 Å². The molecule has 0 bridgehead atoms. The molecule has 3 nitrogen and oxygen atoms in total. The lowest BCUT2D eigenvalue weighted by atomic mass is 9.86. The Hall–Kier alpha value is -2.13. The van der Waals surface area contributed by atoms with Crippen LogP contribution in [0.4, 0.5) is 0 Å². The number of hydrogen-bond acceptors (Lipinski definition) is 3. The second-order valence-electron chi connectivity index (χ2n) is 4.34. The first-order chi connectivity index (χ1) is 9.75. The number of ether oxygens (including phenoxy) is 2. The smallest absolute Gasteiger partial charge is 0.347 e.